The number of benzene rings is 6. The predicted octanol–water partition coefficient (Wildman–Crippen LogP) is -2.76. The number of hydrogen-bond acceptors (Lipinski definition) is 36. The van der Waals surface area contributed by atoms with Gasteiger partial charge in [0.1, 0.15) is 24.4 Å². The summed E-state index contributed by atoms with van der Waals surface area (Å²) in [5, 5.41) is 135. The van der Waals surface area contributed by atoms with Crippen molar-refractivity contribution in [3.05, 3.63) is 143 Å². The molecule has 0 aliphatic rings. The number of rotatable bonds is 65. The standard InChI is InChI=1S/C84H122N12O30/c85-57(37-51-1-7-63(97)69(103)43-51)79(109)91-13-19-115-25-27-121-49-75(123-33-29-117-21-15-93-81(111)59(87)39-53-3-9-65(99)71(105)45-53)77(125-35-31-119-23-17-95-83(113)61(89)41-55-5-11-67(101)73(107)47-55)78(126-36-32-120-24-18-96-84(114)62(90)42-56-6-12-68(102)74(108)48-56)76(124-34-30-118-22-16-94-82(112)60(88)40-54-4-10-66(100)72(106)46-54)50-122-28-26-116-20-14-92-80(110)58(86)38-52-2-8-64(98)70(104)44-52/h1-12,43-48,57-62,75-78,97-108H,13-42,49-50,85-90H2,(H,91,109)(H,92,110)(H,93,111)(H,94,112)(H,95,113)(H,96,114). The van der Waals surface area contributed by atoms with Crippen LogP contribution < -0.4 is 66.3 Å². The largest absolute Gasteiger partial charge is 0.504 e. The first kappa shape index (κ1) is 104. The molecule has 30 N–H and O–H groups in total. The Labute approximate surface area is 727 Å². The van der Waals surface area contributed by atoms with E-state index in [4.69, 9.17) is 91.2 Å². The van der Waals surface area contributed by atoms with Gasteiger partial charge in [0, 0.05) is 39.3 Å². The van der Waals surface area contributed by atoms with Crippen molar-refractivity contribution in [1.82, 2.24) is 31.9 Å². The van der Waals surface area contributed by atoms with E-state index in [1.807, 2.05) is 0 Å². The van der Waals surface area contributed by atoms with Crippen LogP contribution in [-0.2, 0) is 124 Å². The highest BCUT2D eigenvalue weighted by Crippen LogP contribution is 2.31. The maximum absolute atomic E-state index is 13.2. The van der Waals surface area contributed by atoms with Crippen molar-refractivity contribution in [3.63, 3.8) is 0 Å². The van der Waals surface area contributed by atoms with Crippen LogP contribution >= 0.6 is 0 Å². The smallest absolute Gasteiger partial charge is 0.237 e. The van der Waals surface area contributed by atoms with Gasteiger partial charge in [-0.3, -0.25) is 28.8 Å². The molecule has 6 amide bonds. The molecule has 6 rings (SSSR count). The maximum Gasteiger partial charge on any atom is 0.237 e. The van der Waals surface area contributed by atoms with Crippen molar-refractivity contribution in [2.45, 2.75) is 99.2 Å². The molecule has 126 heavy (non-hydrogen) atoms. The van der Waals surface area contributed by atoms with Gasteiger partial charge in [-0.25, -0.2) is 0 Å². The fourth-order valence-corrected chi connectivity index (χ4v) is 12.1. The van der Waals surface area contributed by atoms with E-state index in [-0.39, 0.29) is 279 Å². The molecular weight excluding hydrogens is 1660 g/mol. The second-order valence-corrected chi connectivity index (χ2v) is 28.9. The first-order valence-corrected chi connectivity index (χ1v) is 40.8. The number of nitrogens with two attached hydrogens (primary N) is 6. The van der Waals surface area contributed by atoms with E-state index in [2.05, 4.69) is 31.9 Å². The molecule has 698 valence electrons. The lowest BCUT2D eigenvalue weighted by Gasteiger charge is -2.37. The molecule has 0 aliphatic carbocycles. The van der Waals surface area contributed by atoms with Crippen molar-refractivity contribution in [1.29, 1.82) is 0 Å². The van der Waals surface area contributed by atoms with Gasteiger partial charge in [-0.2, -0.15) is 0 Å². The summed E-state index contributed by atoms with van der Waals surface area (Å²) in [7, 11) is 0. The monoisotopic (exact) mass is 1780 g/mol. The Kier molecular flexibility index (Phi) is 47.5. The molecule has 10 atom stereocenters. The van der Waals surface area contributed by atoms with Crippen LogP contribution in [0.3, 0.4) is 0 Å². The highest BCUT2D eigenvalue weighted by molar-refractivity contribution is 5.84. The highest BCUT2D eigenvalue weighted by Gasteiger charge is 2.39. The topological polar surface area (TPSA) is 684 Å². The molecule has 0 fully saturated rings. The summed E-state index contributed by atoms with van der Waals surface area (Å²) in [6.07, 6.45) is -4.75. The normalized spacial score (nSPS) is 13.9. The summed E-state index contributed by atoms with van der Waals surface area (Å²) >= 11 is 0. The van der Waals surface area contributed by atoms with Crippen molar-refractivity contribution >= 4 is 35.4 Å². The molecule has 0 aliphatic heterocycles. The highest BCUT2D eigenvalue weighted by atomic mass is 16.6. The van der Waals surface area contributed by atoms with E-state index in [1.54, 1.807) is 0 Å². The van der Waals surface area contributed by atoms with Gasteiger partial charge >= 0.3 is 0 Å². The number of ether oxygens (including phenoxy) is 12. The van der Waals surface area contributed by atoms with Gasteiger partial charge in [0.15, 0.2) is 69.0 Å². The van der Waals surface area contributed by atoms with Gasteiger partial charge < -0.3 is 184 Å². The van der Waals surface area contributed by atoms with Crippen LogP contribution in [0.25, 0.3) is 0 Å². The van der Waals surface area contributed by atoms with Gasteiger partial charge in [-0.1, -0.05) is 36.4 Å². The Balaban J connectivity index is 1.25. The molecule has 42 nitrogen and oxygen atoms in total. The molecule has 42 heteroatoms. The lowest BCUT2D eigenvalue weighted by Crippen LogP contribution is -2.53. The van der Waals surface area contributed by atoms with Crippen molar-refractivity contribution < 1.29 is 147 Å². The minimum Gasteiger partial charge on any atom is -0.504 e. The minimum absolute atomic E-state index is 0.0000741. The van der Waals surface area contributed by atoms with E-state index < -0.39 is 96.1 Å². The van der Waals surface area contributed by atoms with Crippen molar-refractivity contribution in [3.8, 4) is 69.0 Å². The van der Waals surface area contributed by atoms with Gasteiger partial charge in [0.05, 0.1) is 168 Å². The fraction of sp³-hybridized carbons (Fsp3) is 0.500. The van der Waals surface area contributed by atoms with Crippen LogP contribution in [0, 0.1) is 0 Å². The van der Waals surface area contributed by atoms with Crippen LogP contribution in [0.1, 0.15) is 33.4 Å². The molecule has 0 heterocycles. The van der Waals surface area contributed by atoms with E-state index in [0.717, 1.165) is 0 Å². The third-order valence-corrected chi connectivity index (χ3v) is 18.8. The zero-order valence-electron chi connectivity index (χ0n) is 70.0. The van der Waals surface area contributed by atoms with Gasteiger partial charge in [-0.05, 0) is 145 Å². The average molecular weight is 1780 g/mol. The minimum atomic E-state index is -1.28. The van der Waals surface area contributed by atoms with E-state index >= 15 is 0 Å². The lowest BCUT2D eigenvalue weighted by molar-refractivity contribution is -0.206. The fourth-order valence-electron chi connectivity index (χ4n) is 12.1. The SMILES string of the molecule is NC(Cc1ccc(O)c(O)c1)C(=O)NCCOCCOCC(OCCOCCNC(=O)C(N)Cc1ccc(O)c(O)c1)C(OCCOCCNC(=O)C(N)Cc1ccc(O)c(O)c1)C(OCCOCCNC(=O)C(N)Cc1ccc(O)c(O)c1)C(COCCOCCNC(=O)C(N)Cc1ccc(O)c(O)c1)OCCOCCNC(=O)C(N)Cc1ccc(O)c(O)c1. The number of hydrogen-bond donors (Lipinski definition) is 24. The lowest BCUT2D eigenvalue weighted by atomic mass is 10.0. The van der Waals surface area contributed by atoms with E-state index in [0.29, 0.717) is 33.4 Å². The third kappa shape index (κ3) is 39.7. The number of phenolic OH excluding ortho intramolecular Hbond substituents is 12. The van der Waals surface area contributed by atoms with Crippen LogP contribution in [0.2, 0.25) is 0 Å². The molecule has 6 aromatic carbocycles. The number of amides is 6. The van der Waals surface area contributed by atoms with Crippen molar-refractivity contribution in [2.24, 2.45) is 34.4 Å². The Hall–Kier alpha value is -11.0. The summed E-state index contributed by atoms with van der Waals surface area (Å²) in [5.74, 6) is -7.55. The molecular formula is C84H122N12O30. The third-order valence-electron chi connectivity index (χ3n) is 18.8. The number of carbonyl (C=O) groups is 6. The summed E-state index contributed by atoms with van der Waals surface area (Å²) in [5.41, 5.74) is 40.1. The van der Waals surface area contributed by atoms with Crippen molar-refractivity contribution in [2.75, 3.05) is 171 Å². The number of nitrogens with one attached hydrogen (secondary N) is 6. The zero-order chi connectivity index (χ0) is 91.7. The number of phenols is 12. The number of aromatic hydroxyl groups is 12. The molecule has 0 aromatic heterocycles. The quantitative estimate of drug-likeness (QED) is 0.0136. The van der Waals surface area contributed by atoms with Crippen LogP contribution in [0.5, 0.6) is 69.0 Å². The maximum atomic E-state index is 13.2. The van der Waals surface area contributed by atoms with Gasteiger partial charge in [-0.15, -0.1) is 0 Å². The summed E-state index contributed by atoms with van der Waals surface area (Å²) in [6, 6.07) is 18.2. The Bertz CT molecular complexity index is 4010. The summed E-state index contributed by atoms with van der Waals surface area (Å²) in [4.78, 5) is 78.6. The van der Waals surface area contributed by atoms with Gasteiger partial charge in [0.25, 0.3) is 0 Å². The second kappa shape index (κ2) is 57.6. The van der Waals surface area contributed by atoms with Gasteiger partial charge in [0.2, 0.25) is 35.4 Å². The van der Waals surface area contributed by atoms with E-state index in [9.17, 15) is 90.0 Å². The Morgan fingerprint density at radius 2 is 0.389 bits per heavy atom. The van der Waals surface area contributed by atoms with E-state index in [1.165, 1.54) is 109 Å². The summed E-state index contributed by atoms with van der Waals surface area (Å²) in [6.45, 7) is -2.38. The molecule has 6 aromatic rings. The molecule has 0 spiro atoms. The zero-order valence-corrected chi connectivity index (χ0v) is 70.0. The molecule has 0 bridgehead atoms. The van der Waals surface area contributed by atoms with Crippen LogP contribution in [0.15, 0.2) is 109 Å². The van der Waals surface area contributed by atoms with Crippen LogP contribution in [0.4, 0.5) is 0 Å². The van der Waals surface area contributed by atoms with Crippen LogP contribution in [-0.4, -0.2) is 329 Å². The Morgan fingerprint density at radius 3 is 0.571 bits per heavy atom. The first-order valence-electron chi connectivity index (χ1n) is 40.8. The average Bonchev–Trinajstić information content (AvgIpc) is 0.836. The summed E-state index contributed by atoms with van der Waals surface area (Å²) < 4.78 is 75.1. The molecule has 0 radical (unpaired) electrons. The first-order chi connectivity index (χ1) is 60.5. The molecule has 0 saturated heterocycles. The second-order valence-electron chi connectivity index (χ2n) is 28.9. The predicted molar refractivity (Wildman–Crippen MR) is 452 cm³/mol. The Morgan fingerprint density at radius 1 is 0.222 bits per heavy atom. The number of carbonyl (C=O) groups excluding carboxylic acids is 6. The molecule has 10 unspecified atom stereocenters. The molecule has 0 saturated carbocycles.